The summed E-state index contributed by atoms with van der Waals surface area (Å²) in [5.41, 5.74) is 0. The van der Waals surface area contributed by atoms with Crippen molar-refractivity contribution in [3.63, 3.8) is 0 Å². The molecule has 0 bridgehead atoms. The van der Waals surface area contributed by atoms with Crippen LogP contribution in [0.15, 0.2) is 6.33 Å². The average molecular weight is 298 g/mol. The molecule has 1 amide bonds. The SMILES string of the molecule is CC(NC(=O)COCC(F)(F)C(F)F)c1ncnn1C. The molecule has 20 heavy (non-hydrogen) atoms. The highest BCUT2D eigenvalue weighted by Crippen LogP contribution is 2.22. The molecule has 0 aliphatic heterocycles. The second kappa shape index (κ2) is 6.64. The number of carbonyl (C=O) groups is 1. The van der Waals surface area contributed by atoms with Crippen LogP contribution in [0.5, 0.6) is 0 Å². The molecule has 0 aromatic carbocycles. The average Bonchev–Trinajstić information content (AvgIpc) is 2.74. The fraction of sp³-hybridized carbons (Fsp3) is 0.700. The van der Waals surface area contributed by atoms with Gasteiger partial charge in [-0.25, -0.2) is 13.8 Å². The Hall–Kier alpha value is -1.71. The zero-order valence-corrected chi connectivity index (χ0v) is 10.8. The second-order valence-electron chi connectivity index (χ2n) is 4.09. The minimum absolute atomic E-state index is 0.455. The molecular formula is C10H14F4N4O2. The molecule has 1 heterocycles. The molecule has 0 radical (unpaired) electrons. The maximum atomic E-state index is 12.5. The Morgan fingerprint density at radius 2 is 2.20 bits per heavy atom. The molecule has 0 spiro atoms. The van der Waals surface area contributed by atoms with Gasteiger partial charge in [0.15, 0.2) is 0 Å². The molecule has 0 saturated heterocycles. The molecular weight excluding hydrogens is 284 g/mol. The molecule has 0 saturated carbocycles. The number of nitrogens with one attached hydrogen (secondary N) is 1. The van der Waals surface area contributed by atoms with Gasteiger partial charge in [-0.3, -0.25) is 9.48 Å². The van der Waals surface area contributed by atoms with Gasteiger partial charge >= 0.3 is 12.3 Å². The molecule has 114 valence electrons. The Labute approximate surface area is 112 Å². The van der Waals surface area contributed by atoms with Gasteiger partial charge in [0, 0.05) is 7.05 Å². The fourth-order valence-electron chi connectivity index (χ4n) is 1.39. The molecule has 1 unspecified atom stereocenters. The second-order valence-corrected chi connectivity index (χ2v) is 4.09. The third-order valence-corrected chi connectivity index (χ3v) is 2.36. The number of hydrogen-bond donors (Lipinski definition) is 1. The lowest BCUT2D eigenvalue weighted by Crippen LogP contribution is -2.36. The standard InChI is InChI=1S/C10H14F4N4O2/c1-6(8-15-5-16-18(8)2)17-7(19)3-20-4-10(13,14)9(11)12/h5-6,9H,3-4H2,1-2H3,(H,17,19). The summed E-state index contributed by atoms with van der Waals surface area (Å²) in [6.45, 7) is -0.656. The van der Waals surface area contributed by atoms with E-state index in [-0.39, 0.29) is 0 Å². The predicted octanol–water partition coefficient (Wildman–Crippen LogP) is 0.909. The lowest BCUT2D eigenvalue weighted by atomic mass is 10.3. The number of rotatable bonds is 7. The predicted molar refractivity (Wildman–Crippen MR) is 59.3 cm³/mol. The number of halogens is 4. The van der Waals surface area contributed by atoms with E-state index in [9.17, 15) is 22.4 Å². The number of nitrogens with zero attached hydrogens (tertiary/aromatic N) is 3. The van der Waals surface area contributed by atoms with Crippen LogP contribution >= 0.6 is 0 Å². The van der Waals surface area contributed by atoms with E-state index in [2.05, 4.69) is 20.1 Å². The van der Waals surface area contributed by atoms with Gasteiger partial charge in [-0.05, 0) is 6.92 Å². The zero-order chi connectivity index (χ0) is 15.3. The van der Waals surface area contributed by atoms with Gasteiger partial charge < -0.3 is 10.1 Å². The third kappa shape index (κ3) is 4.44. The molecule has 6 nitrogen and oxygen atoms in total. The van der Waals surface area contributed by atoms with Crippen molar-refractivity contribution in [2.45, 2.75) is 25.3 Å². The van der Waals surface area contributed by atoms with Crippen molar-refractivity contribution >= 4 is 5.91 Å². The van der Waals surface area contributed by atoms with E-state index in [1.807, 2.05) is 0 Å². The monoisotopic (exact) mass is 298 g/mol. The summed E-state index contributed by atoms with van der Waals surface area (Å²) in [7, 11) is 1.62. The van der Waals surface area contributed by atoms with E-state index in [0.29, 0.717) is 5.82 Å². The van der Waals surface area contributed by atoms with E-state index in [4.69, 9.17) is 0 Å². The number of hydrogen-bond acceptors (Lipinski definition) is 4. The number of aromatic nitrogens is 3. The largest absolute Gasteiger partial charge is 0.365 e. The molecule has 1 atom stereocenters. The van der Waals surface area contributed by atoms with Crippen molar-refractivity contribution in [1.82, 2.24) is 20.1 Å². The molecule has 0 aliphatic carbocycles. The van der Waals surface area contributed by atoms with Crippen LogP contribution in [0.4, 0.5) is 17.6 Å². The van der Waals surface area contributed by atoms with Crippen molar-refractivity contribution in [2.75, 3.05) is 13.2 Å². The van der Waals surface area contributed by atoms with Gasteiger partial charge in [-0.15, -0.1) is 0 Å². The third-order valence-electron chi connectivity index (χ3n) is 2.36. The summed E-state index contributed by atoms with van der Waals surface area (Å²) in [5.74, 6) is -4.53. The number of amides is 1. The smallest absolute Gasteiger partial charge is 0.330 e. The molecule has 10 heteroatoms. The molecule has 1 aromatic heterocycles. The number of ether oxygens (including phenoxy) is 1. The lowest BCUT2D eigenvalue weighted by Gasteiger charge is -2.16. The Morgan fingerprint density at radius 3 is 2.70 bits per heavy atom. The summed E-state index contributed by atoms with van der Waals surface area (Å²) in [4.78, 5) is 15.3. The Morgan fingerprint density at radius 1 is 1.55 bits per heavy atom. The van der Waals surface area contributed by atoms with Crippen molar-refractivity contribution in [1.29, 1.82) is 0 Å². The van der Waals surface area contributed by atoms with Gasteiger partial charge in [0.1, 0.15) is 25.4 Å². The van der Waals surface area contributed by atoms with Crippen LogP contribution in [0.25, 0.3) is 0 Å². The summed E-state index contributed by atoms with van der Waals surface area (Å²) in [6, 6.07) is -0.519. The Kier molecular flexibility index (Phi) is 5.43. The van der Waals surface area contributed by atoms with Crippen LogP contribution in [-0.4, -0.2) is 46.2 Å². The number of carbonyl (C=O) groups excluding carboxylic acids is 1. The highest BCUT2D eigenvalue weighted by Gasteiger charge is 2.41. The zero-order valence-electron chi connectivity index (χ0n) is 10.8. The van der Waals surface area contributed by atoms with Crippen molar-refractivity contribution in [2.24, 2.45) is 7.05 Å². The normalized spacial score (nSPS) is 13.6. The van der Waals surface area contributed by atoms with E-state index >= 15 is 0 Å². The quantitative estimate of drug-likeness (QED) is 0.760. The highest BCUT2D eigenvalue weighted by molar-refractivity contribution is 5.77. The van der Waals surface area contributed by atoms with E-state index in [0.717, 1.165) is 0 Å². The number of alkyl halides is 4. The van der Waals surface area contributed by atoms with E-state index < -0.39 is 37.5 Å². The van der Waals surface area contributed by atoms with Crippen LogP contribution in [0.2, 0.25) is 0 Å². The molecule has 0 aliphatic rings. The Bertz CT molecular complexity index is 452. The maximum Gasteiger partial charge on any atom is 0.330 e. The first-order valence-electron chi connectivity index (χ1n) is 5.61. The van der Waals surface area contributed by atoms with Gasteiger partial charge in [-0.1, -0.05) is 0 Å². The fourth-order valence-corrected chi connectivity index (χ4v) is 1.39. The molecule has 1 N–H and O–H groups in total. The van der Waals surface area contributed by atoms with Crippen LogP contribution < -0.4 is 5.32 Å². The highest BCUT2D eigenvalue weighted by atomic mass is 19.3. The van der Waals surface area contributed by atoms with Crippen LogP contribution in [0, 0.1) is 0 Å². The van der Waals surface area contributed by atoms with Crippen molar-refractivity contribution in [3.8, 4) is 0 Å². The van der Waals surface area contributed by atoms with Crippen LogP contribution in [0.3, 0.4) is 0 Å². The van der Waals surface area contributed by atoms with Crippen LogP contribution in [-0.2, 0) is 16.6 Å². The first kappa shape index (κ1) is 16.3. The topological polar surface area (TPSA) is 69.0 Å². The maximum absolute atomic E-state index is 12.5. The first-order valence-corrected chi connectivity index (χ1v) is 5.61. The molecule has 1 aromatic rings. The van der Waals surface area contributed by atoms with Crippen molar-refractivity contribution in [3.05, 3.63) is 12.2 Å². The van der Waals surface area contributed by atoms with E-state index in [1.165, 1.54) is 11.0 Å². The molecule has 0 fully saturated rings. The van der Waals surface area contributed by atoms with Gasteiger partial charge in [-0.2, -0.15) is 13.9 Å². The van der Waals surface area contributed by atoms with Crippen molar-refractivity contribution < 1.29 is 27.1 Å². The van der Waals surface area contributed by atoms with Gasteiger partial charge in [0.2, 0.25) is 5.91 Å². The molecule has 1 rings (SSSR count). The minimum Gasteiger partial charge on any atom is -0.365 e. The minimum atomic E-state index is -4.27. The summed E-state index contributed by atoms with van der Waals surface area (Å²) >= 11 is 0. The van der Waals surface area contributed by atoms with E-state index in [1.54, 1.807) is 14.0 Å². The number of aryl methyl sites for hydroxylation is 1. The first-order chi connectivity index (χ1) is 9.24. The van der Waals surface area contributed by atoms with Gasteiger partial charge in [0.05, 0.1) is 6.04 Å². The Balaban J connectivity index is 2.36. The summed E-state index contributed by atoms with van der Waals surface area (Å²) in [5, 5.41) is 6.22. The van der Waals surface area contributed by atoms with Gasteiger partial charge in [0.25, 0.3) is 0 Å². The summed E-state index contributed by atoms with van der Waals surface area (Å²) in [6.07, 6.45) is -2.54. The van der Waals surface area contributed by atoms with Crippen LogP contribution in [0.1, 0.15) is 18.8 Å². The summed E-state index contributed by atoms with van der Waals surface area (Å²) < 4.78 is 54.4. The lowest BCUT2D eigenvalue weighted by molar-refractivity contribution is -0.168.